The van der Waals surface area contributed by atoms with Gasteiger partial charge in [-0.3, -0.25) is 0 Å². The first-order valence-electron chi connectivity index (χ1n) is 4.37. The van der Waals surface area contributed by atoms with Crippen molar-refractivity contribution in [3.8, 4) is 5.75 Å². The molecule has 1 atom stereocenters. The second-order valence-electron chi connectivity index (χ2n) is 3.65. The van der Waals surface area contributed by atoms with E-state index in [0.29, 0.717) is 0 Å². The fourth-order valence-electron chi connectivity index (χ4n) is 1.53. The Balaban J connectivity index is 2.43. The summed E-state index contributed by atoms with van der Waals surface area (Å²) >= 11 is 0. The van der Waals surface area contributed by atoms with Crippen molar-refractivity contribution in [3.05, 3.63) is 36.8 Å². The summed E-state index contributed by atoms with van der Waals surface area (Å²) in [4.78, 5) is 0. The maximum Gasteiger partial charge on any atom is 0.205 e. The highest BCUT2D eigenvalue weighted by molar-refractivity contribution is 5.37. The van der Waals surface area contributed by atoms with Crippen LogP contribution < -0.4 is 4.74 Å². The Morgan fingerprint density at radius 3 is 2.77 bits per heavy atom. The van der Waals surface area contributed by atoms with Crippen LogP contribution >= 0.6 is 0 Å². The predicted molar refractivity (Wildman–Crippen MR) is 50.3 cm³/mol. The van der Waals surface area contributed by atoms with E-state index in [0.717, 1.165) is 11.3 Å². The van der Waals surface area contributed by atoms with Crippen LogP contribution in [0.15, 0.2) is 24.3 Å². The third kappa shape index (κ3) is 1.54. The molecule has 0 fully saturated rings. The van der Waals surface area contributed by atoms with Crippen molar-refractivity contribution < 1.29 is 9.47 Å². The lowest BCUT2D eigenvalue weighted by atomic mass is 10.1. The average molecular weight is 177 g/mol. The number of ether oxygens (including phenoxy) is 2. The number of benzene rings is 1. The monoisotopic (exact) mass is 177 g/mol. The molecule has 0 spiro atoms. The molecule has 1 heterocycles. The molecule has 2 rings (SSSR count). The molecule has 0 aromatic heterocycles. The van der Waals surface area contributed by atoms with Gasteiger partial charge >= 0.3 is 0 Å². The van der Waals surface area contributed by atoms with Gasteiger partial charge in [-0.2, -0.15) is 0 Å². The van der Waals surface area contributed by atoms with Gasteiger partial charge in [0.2, 0.25) is 5.79 Å². The van der Waals surface area contributed by atoms with Crippen molar-refractivity contribution in [2.45, 2.75) is 25.7 Å². The van der Waals surface area contributed by atoms with E-state index in [9.17, 15) is 0 Å². The molecule has 0 saturated heterocycles. The van der Waals surface area contributed by atoms with Gasteiger partial charge in [-0.25, -0.2) is 0 Å². The topological polar surface area (TPSA) is 18.5 Å². The summed E-state index contributed by atoms with van der Waals surface area (Å²) in [6.07, 6.45) is -0.139. The molecule has 1 aromatic rings. The molecule has 1 aromatic carbocycles. The average Bonchev–Trinajstić information content (AvgIpc) is 2.02. The summed E-state index contributed by atoms with van der Waals surface area (Å²) in [6.45, 7) is 7.71. The zero-order chi connectivity index (χ0) is 9.47. The first-order chi connectivity index (χ1) is 6.08. The van der Waals surface area contributed by atoms with Crippen LogP contribution in [0.1, 0.15) is 25.5 Å². The third-order valence-electron chi connectivity index (χ3n) is 2.05. The van der Waals surface area contributed by atoms with E-state index in [1.54, 1.807) is 0 Å². The number of para-hydroxylation sites is 1. The normalized spacial score (nSPS) is 24.7. The van der Waals surface area contributed by atoms with Crippen LogP contribution in [0.4, 0.5) is 0 Å². The lowest BCUT2D eigenvalue weighted by Crippen LogP contribution is -2.36. The molecule has 1 radical (unpaired) electrons. The second kappa shape index (κ2) is 2.74. The smallest absolute Gasteiger partial charge is 0.205 e. The lowest BCUT2D eigenvalue weighted by molar-refractivity contribution is -0.195. The Bertz CT molecular complexity index is 318. The SMILES string of the molecule is [CH2]C1OC(C)(C)Oc2ccccc21. The molecule has 1 aliphatic heterocycles. The summed E-state index contributed by atoms with van der Waals surface area (Å²) < 4.78 is 11.2. The summed E-state index contributed by atoms with van der Waals surface area (Å²) in [5.74, 6) is 0.305. The van der Waals surface area contributed by atoms with Crippen molar-refractivity contribution in [3.63, 3.8) is 0 Å². The van der Waals surface area contributed by atoms with Gasteiger partial charge in [0, 0.05) is 19.4 Å². The Morgan fingerprint density at radius 2 is 2.00 bits per heavy atom. The van der Waals surface area contributed by atoms with Crippen molar-refractivity contribution in [1.82, 2.24) is 0 Å². The molecule has 0 bridgehead atoms. The second-order valence-corrected chi connectivity index (χ2v) is 3.65. The van der Waals surface area contributed by atoms with Gasteiger partial charge in [-0.05, 0) is 13.0 Å². The van der Waals surface area contributed by atoms with Gasteiger partial charge in [-0.15, -0.1) is 0 Å². The highest BCUT2D eigenvalue weighted by atomic mass is 16.7. The highest BCUT2D eigenvalue weighted by Crippen LogP contribution is 2.37. The fourth-order valence-corrected chi connectivity index (χ4v) is 1.53. The van der Waals surface area contributed by atoms with E-state index in [1.807, 2.05) is 38.1 Å². The maximum absolute atomic E-state index is 5.63. The van der Waals surface area contributed by atoms with Crippen LogP contribution in [-0.4, -0.2) is 5.79 Å². The maximum atomic E-state index is 5.63. The van der Waals surface area contributed by atoms with Gasteiger partial charge in [0.25, 0.3) is 0 Å². The van der Waals surface area contributed by atoms with E-state index >= 15 is 0 Å². The first kappa shape index (κ1) is 8.57. The molecule has 2 heteroatoms. The summed E-state index contributed by atoms with van der Waals surface area (Å²) in [7, 11) is 0. The van der Waals surface area contributed by atoms with Crippen LogP contribution in [0.2, 0.25) is 0 Å². The molecule has 0 amide bonds. The molecule has 13 heavy (non-hydrogen) atoms. The number of hydrogen-bond donors (Lipinski definition) is 0. The summed E-state index contributed by atoms with van der Waals surface area (Å²) in [5, 5.41) is 0. The van der Waals surface area contributed by atoms with Gasteiger partial charge in [0.05, 0.1) is 6.10 Å². The van der Waals surface area contributed by atoms with E-state index in [1.165, 1.54) is 0 Å². The van der Waals surface area contributed by atoms with E-state index < -0.39 is 5.79 Å². The first-order valence-corrected chi connectivity index (χ1v) is 4.37. The molecule has 0 saturated carbocycles. The van der Waals surface area contributed by atoms with Crippen LogP contribution in [0, 0.1) is 6.92 Å². The zero-order valence-corrected chi connectivity index (χ0v) is 7.91. The van der Waals surface area contributed by atoms with Crippen molar-refractivity contribution in [2.24, 2.45) is 0 Å². The Kier molecular flexibility index (Phi) is 1.81. The number of fused-ring (bicyclic) bond motifs is 1. The molecular formula is C11H13O2. The minimum absolute atomic E-state index is 0.139. The predicted octanol–water partition coefficient (Wildman–Crippen LogP) is 2.71. The van der Waals surface area contributed by atoms with Gasteiger partial charge in [-0.1, -0.05) is 18.2 Å². The quantitative estimate of drug-likeness (QED) is 0.606. The van der Waals surface area contributed by atoms with Crippen LogP contribution in [0.5, 0.6) is 5.75 Å². The van der Waals surface area contributed by atoms with E-state index in [4.69, 9.17) is 9.47 Å². The Labute approximate surface area is 78.5 Å². The van der Waals surface area contributed by atoms with Crippen molar-refractivity contribution in [2.75, 3.05) is 0 Å². The molecule has 69 valence electrons. The summed E-state index contributed by atoms with van der Waals surface area (Å²) in [6, 6.07) is 7.83. The molecule has 0 aliphatic carbocycles. The zero-order valence-electron chi connectivity index (χ0n) is 7.91. The van der Waals surface area contributed by atoms with E-state index in [-0.39, 0.29) is 6.10 Å². The van der Waals surface area contributed by atoms with Gasteiger partial charge < -0.3 is 9.47 Å². The van der Waals surface area contributed by atoms with Crippen LogP contribution in [0.25, 0.3) is 0 Å². The molecule has 1 aliphatic rings. The van der Waals surface area contributed by atoms with E-state index in [2.05, 4.69) is 6.92 Å². The highest BCUT2D eigenvalue weighted by Gasteiger charge is 2.31. The number of rotatable bonds is 0. The molecule has 0 N–H and O–H groups in total. The fraction of sp³-hybridized carbons (Fsp3) is 0.364. The Morgan fingerprint density at radius 1 is 1.31 bits per heavy atom. The van der Waals surface area contributed by atoms with Crippen molar-refractivity contribution in [1.29, 1.82) is 0 Å². The largest absolute Gasteiger partial charge is 0.463 e. The van der Waals surface area contributed by atoms with Gasteiger partial charge in [0.1, 0.15) is 5.75 Å². The minimum Gasteiger partial charge on any atom is -0.463 e. The molecule has 1 unspecified atom stereocenters. The summed E-state index contributed by atoms with van der Waals surface area (Å²) in [5.41, 5.74) is 1.02. The lowest BCUT2D eigenvalue weighted by Gasteiger charge is -2.36. The Hall–Kier alpha value is -1.02. The minimum atomic E-state index is -0.569. The van der Waals surface area contributed by atoms with Gasteiger partial charge in [0.15, 0.2) is 0 Å². The van der Waals surface area contributed by atoms with Crippen molar-refractivity contribution >= 4 is 0 Å². The molecule has 2 nitrogen and oxygen atoms in total. The van der Waals surface area contributed by atoms with Crippen LogP contribution in [-0.2, 0) is 4.74 Å². The standard InChI is InChI=1S/C11H13O2/c1-8-9-6-4-5-7-10(9)13-11(2,3)12-8/h4-8H,1H2,2-3H3. The number of hydrogen-bond acceptors (Lipinski definition) is 2. The molecular weight excluding hydrogens is 164 g/mol. The van der Waals surface area contributed by atoms with Crippen LogP contribution in [0.3, 0.4) is 0 Å². The third-order valence-corrected chi connectivity index (χ3v) is 2.05.